The summed E-state index contributed by atoms with van der Waals surface area (Å²) >= 11 is 1.58. The van der Waals surface area contributed by atoms with Crippen molar-refractivity contribution in [1.29, 1.82) is 0 Å². The van der Waals surface area contributed by atoms with Gasteiger partial charge < -0.3 is 10.6 Å². The van der Waals surface area contributed by atoms with Gasteiger partial charge in [0.2, 0.25) is 5.91 Å². The molecule has 0 saturated heterocycles. The van der Waals surface area contributed by atoms with E-state index in [0.717, 1.165) is 21.5 Å². The van der Waals surface area contributed by atoms with Gasteiger partial charge in [-0.2, -0.15) is 0 Å². The molecular formula is C22H17N3O2S. The first-order valence-electron chi connectivity index (χ1n) is 8.73. The van der Waals surface area contributed by atoms with Crippen molar-refractivity contribution in [3.05, 3.63) is 77.7 Å². The molecule has 2 heterocycles. The Balaban J connectivity index is 1.72. The van der Waals surface area contributed by atoms with Crippen molar-refractivity contribution in [1.82, 2.24) is 4.98 Å². The van der Waals surface area contributed by atoms with E-state index >= 15 is 0 Å². The second-order valence-electron chi connectivity index (χ2n) is 6.27. The van der Waals surface area contributed by atoms with Crippen LogP contribution in [0, 0.1) is 0 Å². The molecule has 0 atom stereocenters. The second kappa shape index (κ2) is 7.62. The molecule has 2 amide bonds. The van der Waals surface area contributed by atoms with Crippen molar-refractivity contribution in [3.8, 4) is 10.6 Å². The number of carbonyl (C=O) groups excluding carboxylic acids is 2. The van der Waals surface area contributed by atoms with E-state index in [4.69, 9.17) is 4.98 Å². The van der Waals surface area contributed by atoms with Gasteiger partial charge in [0.15, 0.2) is 0 Å². The molecule has 2 aromatic heterocycles. The third kappa shape index (κ3) is 3.77. The van der Waals surface area contributed by atoms with Gasteiger partial charge in [-0.15, -0.1) is 11.3 Å². The highest BCUT2D eigenvalue weighted by molar-refractivity contribution is 7.13. The summed E-state index contributed by atoms with van der Waals surface area (Å²) in [6.45, 7) is 1.44. The Labute approximate surface area is 166 Å². The number of pyridine rings is 1. The third-order valence-corrected chi connectivity index (χ3v) is 5.07. The Bertz CT molecular complexity index is 1170. The Hall–Kier alpha value is -3.51. The number of hydrogen-bond acceptors (Lipinski definition) is 4. The summed E-state index contributed by atoms with van der Waals surface area (Å²) in [6.07, 6.45) is 0. The molecule has 4 aromatic rings. The molecule has 0 saturated carbocycles. The number of anilines is 2. The van der Waals surface area contributed by atoms with Gasteiger partial charge in [0, 0.05) is 23.7 Å². The van der Waals surface area contributed by atoms with Crippen LogP contribution in [-0.4, -0.2) is 16.8 Å². The van der Waals surface area contributed by atoms with Gasteiger partial charge in [-0.25, -0.2) is 4.98 Å². The topological polar surface area (TPSA) is 71.1 Å². The number of carbonyl (C=O) groups is 2. The highest BCUT2D eigenvalue weighted by Gasteiger charge is 2.15. The van der Waals surface area contributed by atoms with Gasteiger partial charge in [0.25, 0.3) is 5.91 Å². The van der Waals surface area contributed by atoms with Gasteiger partial charge >= 0.3 is 0 Å². The van der Waals surface area contributed by atoms with Crippen LogP contribution in [0.3, 0.4) is 0 Å². The summed E-state index contributed by atoms with van der Waals surface area (Å²) in [6, 6.07) is 20.4. The number of fused-ring (bicyclic) bond motifs is 1. The SMILES string of the molecule is CC(=O)Nc1cccc(NC(=O)c2cc(-c3cccs3)nc3ccccc23)c1. The summed E-state index contributed by atoms with van der Waals surface area (Å²) in [5.41, 5.74) is 3.33. The number of benzene rings is 2. The summed E-state index contributed by atoms with van der Waals surface area (Å²) in [7, 11) is 0. The highest BCUT2D eigenvalue weighted by Crippen LogP contribution is 2.28. The number of nitrogens with one attached hydrogen (secondary N) is 2. The van der Waals surface area contributed by atoms with E-state index in [1.165, 1.54) is 6.92 Å². The zero-order chi connectivity index (χ0) is 19.5. The standard InChI is InChI=1S/C22H17N3O2S/c1-14(26)23-15-6-4-7-16(12-15)24-22(27)18-13-20(21-10-5-11-28-21)25-19-9-3-2-8-17(18)19/h2-13H,1H3,(H,23,26)(H,24,27). The second-order valence-corrected chi connectivity index (χ2v) is 7.21. The molecule has 0 aliphatic rings. The van der Waals surface area contributed by atoms with E-state index in [9.17, 15) is 9.59 Å². The Morgan fingerprint density at radius 2 is 1.68 bits per heavy atom. The molecular weight excluding hydrogens is 370 g/mol. The number of nitrogens with zero attached hydrogens (tertiary/aromatic N) is 1. The van der Waals surface area contributed by atoms with Crippen LogP contribution in [0.25, 0.3) is 21.5 Å². The van der Waals surface area contributed by atoms with Crippen LogP contribution in [0.5, 0.6) is 0 Å². The first-order valence-corrected chi connectivity index (χ1v) is 9.61. The number of amides is 2. The fourth-order valence-corrected chi connectivity index (χ4v) is 3.68. The minimum Gasteiger partial charge on any atom is -0.326 e. The summed E-state index contributed by atoms with van der Waals surface area (Å²) in [5.74, 6) is -0.388. The molecule has 0 fully saturated rings. The summed E-state index contributed by atoms with van der Waals surface area (Å²) in [5, 5.41) is 8.41. The molecule has 5 nitrogen and oxygen atoms in total. The van der Waals surface area contributed by atoms with Crippen LogP contribution >= 0.6 is 11.3 Å². The molecule has 0 unspecified atom stereocenters. The summed E-state index contributed by atoms with van der Waals surface area (Å²) < 4.78 is 0. The minimum atomic E-state index is -0.226. The monoisotopic (exact) mass is 387 g/mol. The van der Waals surface area contributed by atoms with Crippen molar-refractivity contribution in [2.75, 3.05) is 10.6 Å². The molecule has 0 aliphatic heterocycles. The Morgan fingerprint density at radius 3 is 2.43 bits per heavy atom. The average molecular weight is 387 g/mol. The van der Waals surface area contributed by atoms with Crippen LogP contribution in [0.2, 0.25) is 0 Å². The van der Waals surface area contributed by atoms with Crippen molar-refractivity contribution in [2.24, 2.45) is 0 Å². The molecule has 2 aromatic carbocycles. The zero-order valence-corrected chi connectivity index (χ0v) is 15.9. The normalized spacial score (nSPS) is 10.6. The van der Waals surface area contributed by atoms with E-state index in [1.54, 1.807) is 35.6 Å². The number of para-hydroxylation sites is 1. The molecule has 138 valence electrons. The van der Waals surface area contributed by atoms with E-state index in [2.05, 4.69) is 10.6 Å². The molecule has 0 radical (unpaired) electrons. The van der Waals surface area contributed by atoms with Crippen LogP contribution in [0.4, 0.5) is 11.4 Å². The lowest BCUT2D eigenvalue weighted by Crippen LogP contribution is -2.13. The van der Waals surface area contributed by atoms with Gasteiger partial charge in [0.05, 0.1) is 21.7 Å². The maximum absolute atomic E-state index is 13.1. The van der Waals surface area contributed by atoms with Crippen molar-refractivity contribution < 1.29 is 9.59 Å². The molecule has 2 N–H and O–H groups in total. The number of hydrogen-bond donors (Lipinski definition) is 2. The van der Waals surface area contributed by atoms with Crippen LogP contribution in [-0.2, 0) is 4.79 Å². The fourth-order valence-electron chi connectivity index (χ4n) is 2.99. The molecule has 0 spiro atoms. The van der Waals surface area contributed by atoms with Gasteiger partial charge in [-0.05, 0) is 41.8 Å². The van der Waals surface area contributed by atoms with Crippen LogP contribution < -0.4 is 10.6 Å². The minimum absolute atomic E-state index is 0.163. The lowest BCUT2D eigenvalue weighted by molar-refractivity contribution is -0.114. The number of rotatable bonds is 4. The van der Waals surface area contributed by atoms with Crippen LogP contribution in [0.1, 0.15) is 17.3 Å². The highest BCUT2D eigenvalue weighted by atomic mass is 32.1. The van der Waals surface area contributed by atoms with E-state index in [0.29, 0.717) is 16.9 Å². The lowest BCUT2D eigenvalue weighted by Gasteiger charge is -2.11. The van der Waals surface area contributed by atoms with Gasteiger partial charge in [-0.3, -0.25) is 9.59 Å². The maximum Gasteiger partial charge on any atom is 0.256 e. The molecule has 28 heavy (non-hydrogen) atoms. The third-order valence-electron chi connectivity index (χ3n) is 4.18. The van der Waals surface area contributed by atoms with Gasteiger partial charge in [-0.1, -0.05) is 30.3 Å². The van der Waals surface area contributed by atoms with Gasteiger partial charge in [0.1, 0.15) is 0 Å². The molecule has 4 rings (SSSR count). The molecule has 0 bridgehead atoms. The average Bonchev–Trinajstić information content (AvgIpc) is 3.21. The number of thiophene rings is 1. The largest absolute Gasteiger partial charge is 0.326 e. The van der Waals surface area contributed by atoms with Crippen molar-refractivity contribution in [2.45, 2.75) is 6.92 Å². The molecule has 0 aliphatic carbocycles. The number of aromatic nitrogens is 1. The molecule has 6 heteroatoms. The lowest BCUT2D eigenvalue weighted by atomic mass is 10.1. The summed E-state index contributed by atoms with van der Waals surface area (Å²) in [4.78, 5) is 30.0. The van der Waals surface area contributed by atoms with E-state index in [1.807, 2.05) is 47.8 Å². The quantitative estimate of drug-likeness (QED) is 0.507. The first-order chi connectivity index (χ1) is 13.6. The van der Waals surface area contributed by atoms with E-state index in [-0.39, 0.29) is 11.8 Å². The van der Waals surface area contributed by atoms with Crippen molar-refractivity contribution >= 4 is 45.4 Å². The van der Waals surface area contributed by atoms with E-state index < -0.39 is 0 Å². The maximum atomic E-state index is 13.1. The predicted octanol–water partition coefficient (Wildman–Crippen LogP) is 5.17. The smallest absolute Gasteiger partial charge is 0.256 e. The zero-order valence-electron chi connectivity index (χ0n) is 15.1. The first kappa shape index (κ1) is 17.9. The Kier molecular flexibility index (Phi) is 4.87. The predicted molar refractivity (Wildman–Crippen MR) is 114 cm³/mol. The Morgan fingerprint density at radius 1 is 0.893 bits per heavy atom. The van der Waals surface area contributed by atoms with Crippen LogP contribution in [0.15, 0.2) is 72.1 Å². The van der Waals surface area contributed by atoms with Crippen molar-refractivity contribution in [3.63, 3.8) is 0 Å². The fraction of sp³-hybridized carbons (Fsp3) is 0.0455.